The third-order valence-corrected chi connectivity index (χ3v) is 3.17. The zero-order valence-electron chi connectivity index (χ0n) is 10.9. The summed E-state index contributed by atoms with van der Waals surface area (Å²) in [7, 11) is 0. The van der Waals surface area contributed by atoms with Gasteiger partial charge in [-0.2, -0.15) is 0 Å². The monoisotopic (exact) mass is 276 g/mol. The van der Waals surface area contributed by atoms with E-state index >= 15 is 0 Å². The minimum absolute atomic E-state index is 0.212. The molecule has 2 rings (SSSR count). The fourth-order valence-electron chi connectivity index (χ4n) is 2.20. The van der Waals surface area contributed by atoms with Crippen LogP contribution in [0.4, 0.5) is 0 Å². The highest BCUT2D eigenvalue weighted by Gasteiger charge is 2.24. The first-order valence-corrected chi connectivity index (χ1v) is 6.40. The molecule has 6 heteroatoms. The van der Waals surface area contributed by atoms with E-state index in [-0.39, 0.29) is 5.91 Å². The van der Waals surface area contributed by atoms with E-state index in [1.807, 2.05) is 0 Å². The summed E-state index contributed by atoms with van der Waals surface area (Å²) >= 11 is 0. The van der Waals surface area contributed by atoms with Gasteiger partial charge in [0.25, 0.3) is 5.91 Å². The normalized spacial score (nSPS) is 19.2. The second kappa shape index (κ2) is 6.29. The Morgan fingerprint density at radius 1 is 1.45 bits per heavy atom. The fraction of sp³-hybridized carbons (Fsp3) is 0.357. The van der Waals surface area contributed by atoms with E-state index in [0.29, 0.717) is 30.6 Å². The van der Waals surface area contributed by atoms with Crippen molar-refractivity contribution in [2.45, 2.75) is 18.9 Å². The summed E-state index contributed by atoms with van der Waals surface area (Å²) < 4.78 is 0. The van der Waals surface area contributed by atoms with Gasteiger partial charge >= 0.3 is 5.97 Å². The van der Waals surface area contributed by atoms with Gasteiger partial charge < -0.3 is 15.1 Å². The van der Waals surface area contributed by atoms with Crippen LogP contribution >= 0.6 is 0 Å². The third-order valence-electron chi connectivity index (χ3n) is 3.17. The van der Waals surface area contributed by atoms with Gasteiger partial charge in [-0.1, -0.05) is 0 Å². The summed E-state index contributed by atoms with van der Waals surface area (Å²) in [5, 5.41) is 18.3. The van der Waals surface area contributed by atoms with Crippen LogP contribution in [-0.4, -0.2) is 51.2 Å². The predicted molar refractivity (Wildman–Crippen MR) is 72.1 cm³/mol. The van der Waals surface area contributed by atoms with E-state index in [9.17, 15) is 14.7 Å². The highest BCUT2D eigenvalue weighted by Crippen LogP contribution is 2.17. The van der Waals surface area contributed by atoms with Crippen molar-refractivity contribution in [3.05, 3.63) is 35.7 Å². The lowest BCUT2D eigenvalue weighted by Crippen LogP contribution is -2.42. The molecular weight excluding hydrogens is 260 g/mol. The number of carbonyl (C=O) groups excluding carboxylic acids is 1. The number of carboxylic acid groups (broad SMARTS) is 1. The Bertz CT molecular complexity index is 542. The van der Waals surface area contributed by atoms with Gasteiger partial charge in [-0.25, -0.2) is 4.79 Å². The standard InChI is InChI=1S/C14H16N2O4/c17-11-2-1-7-16(9-11)14(20)12-5-6-15-8-10(12)3-4-13(18)19/h3-6,8,11,17H,1-2,7,9H2,(H,18,19). The molecule has 1 amide bonds. The molecule has 1 atom stereocenters. The Morgan fingerprint density at radius 2 is 2.25 bits per heavy atom. The van der Waals surface area contributed by atoms with Crippen molar-refractivity contribution in [3.8, 4) is 0 Å². The summed E-state index contributed by atoms with van der Waals surface area (Å²) in [5.74, 6) is -1.29. The molecule has 1 aliphatic heterocycles. The number of aliphatic hydroxyl groups excluding tert-OH is 1. The first kappa shape index (κ1) is 14.2. The number of amides is 1. The highest BCUT2D eigenvalue weighted by molar-refractivity contribution is 5.98. The average molecular weight is 276 g/mol. The number of pyridine rings is 1. The van der Waals surface area contributed by atoms with Gasteiger partial charge in [-0.3, -0.25) is 9.78 Å². The van der Waals surface area contributed by atoms with Crippen LogP contribution in [0, 0.1) is 0 Å². The van der Waals surface area contributed by atoms with Crippen molar-refractivity contribution in [2.24, 2.45) is 0 Å². The SMILES string of the molecule is O=C(O)C=Cc1cnccc1C(=O)N1CCCC(O)C1. The van der Waals surface area contributed by atoms with Crippen molar-refractivity contribution in [1.29, 1.82) is 0 Å². The summed E-state index contributed by atoms with van der Waals surface area (Å²) in [6, 6.07) is 1.56. The van der Waals surface area contributed by atoms with Crippen LogP contribution in [0.2, 0.25) is 0 Å². The average Bonchev–Trinajstić information content (AvgIpc) is 2.44. The van der Waals surface area contributed by atoms with Gasteiger partial charge in [-0.15, -0.1) is 0 Å². The first-order chi connectivity index (χ1) is 9.58. The maximum Gasteiger partial charge on any atom is 0.328 e. The molecule has 106 valence electrons. The Hall–Kier alpha value is -2.21. The molecule has 1 aromatic rings. The molecule has 0 radical (unpaired) electrons. The molecule has 2 N–H and O–H groups in total. The van der Waals surface area contributed by atoms with Gasteiger partial charge in [0.1, 0.15) is 0 Å². The van der Waals surface area contributed by atoms with Gasteiger partial charge in [0.15, 0.2) is 0 Å². The molecule has 1 saturated heterocycles. The first-order valence-electron chi connectivity index (χ1n) is 6.40. The molecule has 1 aliphatic rings. The molecule has 0 bridgehead atoms. The molecule has 1 aromatic heterocycles. The molecule has 1 fully saturated rings. The molecule has 0 spiro atoms. The molecule has 0 aliphatic carbocycles. The summed E-state index contributed by atoms with van der Waals surface area (Å²) in [6.07, 6.45) is 6.23. The lowest BCUT2D eigenvalue weighted by molar-refractivity contribution is -0.131. The van der Waals surface area contributed by atoms with Crippen LogP contribution < -0.4 is 0 Å². The van der Waals surface area contributed by atoms with Crippen molar-refractivity contribution in [1.82, 2.24) is 9.88 Å². The number of hydrogen-bond donors (Lipinski definition) is 2. The highest BCUT2D eigenvalue weighted by atomic mass is 16.4. The van der Waals surface area contributed by atoms with Crippen molar-refractivity contribution < 1.29 is 19.8 Å². The van der Waals surface area contributed by atoms with E-state index in [2.05, 4.69) is 4.98 Å². The number of hydrogen-bond acceptors (Lipinski definition) is 4. The van der Waals surface area contributed by atoms with Crippen LogP contribution in [0.15, 0.2) is 24.5 Å². The predicted octanol–water partition coefficient (Wildman–Crippen LogP) is 0.776. The van der Waals surface area contributed by atoms with Gasteiger partial charge in [-0.05, 0) is 25.0 Å². The molecule has 20 heavy (non-hydrogen) atoms. The molecule has 0 saturated carbocycles. The third kappa shape index (κ3) is 3.42. The number of aliphatic carboxylic acids is 1. The summed E-state index contributed by atoms with van der Waals surface area (Å²) in [5.41, 5.74) is 0.853. The number of nitrogens with zero attached hydrogens (tertiary/aromatic N) is 2. The minimum Gasteiger partial charge on any atom is -0.478 e. The number of carbonyl (C=O) groups is 2. The number of β-amino-alcohol motifs (C(OH)–C–C–N with tert-alkyl or cyclic N) is 1. The second-order valence-electron chi connectivity index (χ2n) is 4.68. The quantitative estimate of drug-likeness (QED) is 0.796. The zero-order valence-corrected chi connectivity index (χ0v) is 10.9. The van der Waals surface area contributed by atoms with Crippen LogP contribution in [-0.2, 0) is 4.79 Å². The lowest BCUT2D eigenvalue weighted by Gasteiger charge is -2.30. The van der Waals surface area contributed by atoms with E-state index in [1.54, 1.807) is 11.0 Å². The van der Waals surface area contributed by atoms with E-state index in [0.717, 1.165) is 12.5 Å². The van der Waals surface area contributed by atoms with Crippen LogP contribution in [0.3, 0.4) is 0 Å². The van der Waals surface area contributed by atoms with E-state index < -0.39 is 12.1 Å². The maximum absolute atomic E-state index is 12.4. The van der Waals surface area contributed by atoms with Crippen LogP contribution in [0.1, 0.15) is 28.8 Å². The topological polar surface area (TPSA) is 90.7 Å². The summed E-state index contributed by atoms with van der Waals surface area (Å²) in [4.78, 5) is 28.5. The van der Waals surface area contributed by atoms with Crippen molar-refractivity contribution in [2.75, 3.05) is 13.1 Å². The smallest absolute Gasteiger partial charge is 0.328 e. The van der Waals surface area contributed by atoms with E-state index in [1.165, 1.54) is 18.5 Å². The lowest BCUT2D eigenvalue weighted by atomic mass is 10.0. The Labute approximate surface area is 116 Å². The van der Waals surface area contributed by atoms with E-state index in [4.69, 9.17) is 5.11 Å². The number of carboxylic acids is 1. The minimum atomic E-state index is -1.08. The number of aliphatic hydroxyl groups is 1. The zero-order chi connectivity index (χ0) is 14.5. The molecular formula is C14H16N2O4. The largest absolute Gasteiger partial charge is 0.478 e. The second-order valence-corrected chi connectivity index (χ2v) is 4.68. The Balaban J connectivity index is 2.23. The van der Waals surface area contributed by atoms with Crippen LogP contribution in [0.25, 0.3) is 6.08 Å². The van der Waals surface area contributed by atoms with Gasteiger partial charge in [0.05, 0.1) is 6.10 Å². The Kier molecular flexibility index (Phi) is 4.47. The molecule has 0 aromatic carbocycles. The molecule has 1 unspecified atom stereocenters. The van der Waals surface area contributed by atoms with Crippen molar-refractivity contribution >= 4 is 18.0 Å². The maximum atomic E-state index is 12.4. The number of aromatic nitrogens is 1. The fourth-order valence-corrected chi connectivity index (χ4v) is 2.20. The number of rotatable bonds is 3. The van der Waals surface area contributed by atoms with Gasteiger partial charge in [0.2, 0.25) is 0 Å². The Morgan fingerprint density at radius 3 is 2.95 bits per heavy atom. The molecule has 2 heterocycles. The van der Waals surface area contributed by atoms with Crippen LogP contribution in [0.5, 0.6) is 0 Å². The number of piperidine rings is 1. The summed E-state index contributed by atoms with van der Waals surface area (Å²) in [6.45, 7) is 0.906. The van der Waals surface area contributed by atoms with Gasteiger partial charge in [0, 0.05) is 42.7 Å². The number of likely N-dealkylation sites (tertiary alicyclic amines) is 1. The van der Waals surface area contributed by atoms with Crippen molar-refractivity contribution in [3.63, 3.8) is 0 Å². The molecule has 6 nitrogen and oxygen atoms in total.